The van der Waals surface area contributed by atoms with E-state index in [0.29, 0.717) is 5.92 Å². The van der Waals surface area contributed by atoms with Gasteiger partial charge in [-0.15, -0.1) is 0 Å². The summed E-state index contributed by atoms with van der Waals surface area (Å²) < 4.78 is 0. The van der Waals surface area contributed by atoms with Crippen LogP contribution in [0.1, 0.15) is 68.9 Å². The van der Waals surface area contributed by atoms with Crippen molar-refractivity contribution in [2.45, 2.75) is 64.7 Å². The Hall–Kier alpha value is -1.56. The van der Waals surface area contributed by atoms with Gasteiger partial charge in [-0.25, -0.2) is 0 Å². The van der Waals surface area contributed by atoms with Gasteiger partial charge in [0.1, 0.15) is 0 Å². The minimum atomic E-state index is 0.659. The number of fused-ring (bicyclic) bond motifs is 4. The first-order chi connectivity index (χ1) is 12.6. The molecule has 0 N–H and O–H groups in total. The first-order valence-electron chi connectivity index (χ1n) is 10.8. The Morgan fingerprint density at radius 2 is 1.88 bits per heavy atom. The number of hydrogen-bond acceptors (Lipinski definition) is 0. The summed E-state index contributed by atoms with van der Waals surface area (Å²) in [6, 6.07) is 9.40. The van der Waals surface area contributed by atoms with Gasteiger partial charge in [0, 0.05) is 5.92 Å². The van der Waals surface area contributed by atoms with Crippen molar-refractivity contribution in [3.8, 4) is 0 Å². The molecule has 0 aromatic heterocycles. The van der Waals surface area contributed by atoms with Crippen LogP contribution in [0.15, 0.2) is 59.2 Å². The van der Waals surface area contributed by atoms with E-state index >= 15 is 0 Å². The maximum atomic E-state index is 4.26. The second-order valence-corrected chi connectivity index (χ2v) is 9.49. The van der Waals surface area contributed by atoms with Crippen molar-refractivity contribution in [1.29, 1.82) is 0 Å². The van der Waals surface area contributed by atoms with Crippen molar-refractivity contribution in [3.63, 3.8) is 0 Å². The average molecular weight is 345 g/mol. The molecule has 5 atom stereocenters. The number of hydrogen-bond donors (Lipinski definition) is 0. The SMILES string of the molecule is C=C1C=C2CCC3C(=C2CC1)C(c1cccc(C)c1)CC1C(C)CCC31. The molecular formula is C26H32. The van der Waals surface area contributed by atoms with E-state index in [1.165, 1.54) is 56.1 Å². The molecule has 2 fully saturated rings. The van der Waals surface area contributed by atoms with Gasteiger partial charge in [0.15, 0.2) is 0 Å². The summed E-state index contributed by atoms with van der Waals surface area (Å²) in [6.07, 6.45) is 11.8. The Kier molecular flexibility index (Phi) is 3.99. The summed E-state index contributed by atoms with van der Waals surface area (Å²) in [7, 11) is 0. The monoisotopic (exact) mass is 344 g/mol. The zero-order chi connectivity index (χ0) is 17.8. The standard InChI is InChI=1S/C26H32/c1-16-5-4-6-19(13-16)25-15-24-18(3)8-11-22(24)23-12-9-20-14-17(2)7-10-21(20)26(23)25/h4-6,13-14,18,22-25H,2,7-12,15H2,1,3H3. The molecule has 0 aliphatic heterocycles. The van der Waals surface area contributed by atoms with Crippen LogP contribution in [0, 0.1) is 30.6 Å². The number of allylic oxidation sites excluding steroid dienone is 5. The zero-order valence-corrected chi connectivity index (χ0v) is 16.4. The molecular weight excluding hydrogens is 312 g/mol. The van der Waals surface area contributed by atoms with Crippen molar-refractivity contribution in [2.24, 2.45) is 23.7 Å². The Morgan fingerprint density at radius 3 is 2.73 bits per heavy atom. The molecule has 1 aromatic carbocycles. The summed E-state index contributed by atoms with van der Waals surface area (Å²) in [5.41, 5.74) is 9.58. The molecule has 0 heterocycles. The summed E-state index contributed by atoms with van der Waals surface area (Å²) in [4.78, 5) is 0. The normalized spacial score (nSPS) is 36.3. The van der Waals surface area contributed by atoms with Gasteiger partial charge in [-0.3, -0.25) is 0 Å². The van der Waals surface area contributed by atoms with Crippen LogP contribution in [-0.4, -0.2) is 0 Å². The maximum Gasteiger partial charge on any atom is 0.00599 e. The largest absolute Gasteiger partial charge is 0.0958 e. The highest BCUT2D eigenvalue weighted by molar-refractivity contribution is 5.51. The van der Waals surface area contributed by atoms with E-state index in [0.717, 1.165) is 23.7 Å². The quantitative estimate of drug-likeness (QED) is 0.508. The molecule has 0 bridgehead atoms. The highest BCUT2D eigenvalue weighted by Crippen LogP contribution is 2.60. The molecule has 0 nitrogen and oxygen atoms in total. The molecule has 1 aromatic rings. The van der Waals surface area contributed by atoms with Gasteiger partial charge < -0.3 is 0 Å². The van der Waals surface area contributed by atoms with Crippen LogP contribution in [0.2, 0.25) is 0 Å². The molecule has 0 saturated heterocycles. The molecule has 5 rings (SSSR count). The molecule has 5 unspecified atom stereocenters. The van der Waals surface area contributed by atoms with E-state index in [2.05, 4.69) is 50.8 Å². The Balaban J connectivity index is 1.66. The van der Waals surface area contributed by atoms with Crippen LogP contribution in [0.25, 0.3) is 0 Å². The first-order valence-corrected chi connectivity index (χ1v) is 10.8. The third-order valence-corrected chi connectivity index (χ3v) is 8.02. The lowest BCUT2D eigenvalue weighted by Crippen LogP contribution is -2.36. The lowest BCUT2D eigenvalue weighted by molar-refractivity contribution is 0.178. The maximum absolute atomic E-state index is 4.26. The van der Waals surface area contributed by atoms with Crippen LogP contribution < -0.4 is 0 Å². The fourth-order valence-electron chi connectivity index (χ4n) is 6.82. The third kappa shape index (κ3) is 2.56. The molecule has 0 radical (unpaired) electrons. The minimum absolute atomic E-state index is 0.659. The predicted molar refractivity (Wildman–Crippen MR) is 110 cm³/mol. The molecule has 0 heteroatoms. The molecule has 0 spiro atoms. The molecule has 0 amide bonds. The van der Waals surface area contributed by atoms with E-state index in [9.17, 15) is 0 Å². The van der Waals surface area contributed by atoms with Gasteiger partial charge in [-0.2, -0.15) is 0 Å². The number of benzene rings is 1. The van der Waals surface area contributed by atoms with E-state index in [-0.39, 0.29) is 0 Å². The van der Waals surface area contributed by atoms with Crippen molar-refractivity contribution in [1.82, 2.24) is 0 Å². The summed E-state index contributed by atoms with van der Waals surface area (Å²) in [5.74, 6) is 4.33. The Labute approximate surface area is 159 Å². The van der Waals surface area contributed by atoms with Gasteiger partial charge in [0.2, 0.25) is 0 Å². The lowest BCUT2D eigenvalue weighted by Gasteiger charge is -2.47. The highest BCUT2D eigenvalue weighted by Gasteiger charge is 2.48. The summed E-state index contributed by atoms with van der Waals surface area (Å²) >= 11 is 0. The molecule has 4 aliphatic rings. The van der Waals surface area contributed by atoms with E-state index in [4.69, 9.17) is 0 Å². The van der Waals surface area contributed by atoms with Crippen molar-refractivity contribution < 1.29 is 0 Å². The van der Waals surface area contributed by atoms with Crippen molar-refractivity contribution >= 4 is 0 Å². The van der Waals surface area contributed by atoms with Crippen LogP contribution in [0.3, 0.4) is 0 Å². The second-order valence-electron chi connectivity index (χ2n) is 9.49. The van der Waals surface area contributed by atoms with E-state index < -0.39 is 0 Å². The van der Waals surface area contributed by atoms with Crippen LogP contribution in [0.4, 0.5) is 0 Å². The zero-order valence-electron chi connectivity index (χ0n) is 16.4. The summed E-state index contributed by atoms with van der Waals surface area (Å²) in [6.45, 7) is 9.03. The number of rotatable bonds is 1. The first kappa shape index (κ1) is 16.6. The van der Waals surface area contributed by atoms with Gasteiger partial charge >= 0.3 is 0 Å². The van der Waals surface area contributed by atoms with Gasteiger partial charge in [0.25, 0.3) is 0 Å². The fraction of sp³-hybridized carbons (Fsp3) is 0.538. The van der Waals surface area contributed by atoms with Crippen molar-refractivity contribution in [2.75, 3.05) is 0 Å². The molecule has 4 aliphatic carbocycles. The fourth-order valence-corrected chi connectivity index (χ4v) is 6.82. The van der Waals surface area contributed by atoms with E-state index in [1.807, 2.05) is 5.57 Å². The van der Waals surface area contributed by atoms with Crippen LogP contribution >= 0.6 is 0 Å². The van der Waals surface area contributed by atoms with E-state index in [1.54, 1.807) is 16.7 Å². The highest BCUT2D eigenvalue weighted by atomic mass is 14.5. The van der Waals surface area contributed by atoms with Gasteiger partial charge in [-0.05, 0) is 85.8 Å². The van der Waals surface area contributed by atoms with Gasteiger partial charge in [0.05, 0.1) is 0 Å². The lowest BCUT2D eigenvalue weighted by atomic mass is 9.57. The van der Waals surface area contributed by atoms with Crippen molar-refractivity contribution in [3.05, 3.63) is 70.3 Å². The third-order valence-electron chi connectivity index (χ3n) is 8.02. The Morgan fingerprint density at radius 1 is 1.00 bits per heavy atom. The second kappa shape index (κ2) is 6.25. The number of aryl methyl sites for hydroxylation is 1. The molecule has 136 valence electrons. The summed E-state index contributed by atoms with van der Waals surface area (Å²) in [5, 5.41) is 0. The van der Waals surface area contributed by atoms with Crippen LogP contribution in [-0.2, 0) is 0 Å². The van der Waals surface area contributed by atoms with Crippen LogP contribution in [0.5, 0.6) is 0 Å². The molecule has 2 saturated carbocycles. The topological polar surface area (TPSA) is 0 Å². The smallest absolute Gasteiger partial charge is 0.00599 e. The molecule has 26 heavy (non-hydrogen) atoms. The Bertz CT molecular complexity index is 805. The minimum Gasteiger partial charge on any atom is -0.0958 e. The van der Waals surface area contributed by atoms with Gasteiger partial charge in [-0.1, -0.05) is 67.0 Å². The average Bonchev–Trinajstić information content (AvgIpc) is 3.01. The predicted octanol–water partition coefficient (Wildman–Crippen LogP) is 7.13.